The molecule has 7 heteroatoms. The highest BCUT2D eigenvalue weighted by molar-refractivity contribution is 9.11. The number of rotatable bonds is 5. The summed E-state index contributed by atoms with van der Waals surface area (Å²) in [6.45, 7) is 1.22. The van der Waals surface area contributed by atoms with E-state index in [-0.39, 0.29) is 11.7 Å². The topological polar surface area (TPSA) is 61.8 Å². The lowest BCUT2D eigenvalue weighted by atomic mass is 10.1. The smallest absolute Gasteiger partial charge is 0.170 e. The molecule has 2 rings (SSSR count). The van der Waals surface area contributed by atoms with Gasteiger partial charge in [-0.3, -0.25) is 4.90 Å². The molecule has 0 aliphatic carbocycles. The molecule has 1 aromatic heterocycles. The van der Waals surface area contributed by atoms with Gasteiger partial charge in [-0.1, -0.05) is 17.3 Å². The second kappa shape index (κ2) is 7.02. The zero-order chi connectivity index (χ0) is 15.4. The zero-order valence-electron chi connectivity index (χ0n) is 11.4. The molecule has 0 radical (unpaired) electrons. The monoisotopic (exact) mass is 371 g/mol. The highest BCUT2D eigenvalue weighted by Gasteiger charge is 2.10. The Hall–Kier alpha value is -1.44. The molecule has 0 aliphatic heterocycles. The van der Waals surface area contributed by atoms with Crippen LogP contribution < -0.4 is 5.73 Å². The molecule has 0 aliphatic rings. The van der Waals surface area contributed by atoms with E-state index in [0.29, 0.717) is 17.7 Å². The van der Waals surface area contributed by atoms with Crippen LogP contribution in [-0.2, 0) is 13.1 Å². The van der Waals surface area contributed by atoms with Gasteiger partial charge in [-0.05, 0) is 46.1 Å². The van der Waals surface area contributed by atoms with Gasteiger partial charge in [0.15, 0.2) is 5.84 Å². The highest BCUT2D eigenvalue weighted by atomic mass is 79.9. The summed E-state index contributed by atoms with van der Waals surface area (Å²) in [4.78, 5) is 2.02. The van der Waals surface area contributed by atoms with Crippen LogP contribution in [0.2, 0.25) is 0 Å². The summed E-state index contributed by atoms with van der Waals surface area (Å²) in [5.41, 5.74) is 7.56. The Morgan fingerprint density at radius 3 is 2.76 bits per heavy atom. The summed E-state index contributed by atoms with van der Waals surface area (Å²) in [7, 11) is 1.93. The van der Waals surface area contributed by atoms with Crippen LogP contribution in [0, 0.1) is 5.82 Å². The van der Waals surface area contributed by atoms with Crippen molar-refractivity contribution in [2.24, 2.45) is 10.9 Å². The second-order valence-corrected chi connectivity index (χ2v) is 7.01. The van der Waals surface area contributed by atoms with Crippen molar-refractivity contribution in [1.82, 2.24) is 4.90 Å². The third-order valence-electron chi connectivity index (χ3n) is 2.97. The molecule has 0 fully saturated rings. The van der Waals surface area contributed by atoms with Crippen molar-refractivity contribution in [2.45, 2.75) is 13.1 Å². The minimum atomic E-state index is -0.363. The van der Waals surface area contributed by atoms with Gasteiger partial charge in [0.1, 0.15) is 5.82 Å². The Labute approximate surface area is 134 Å². The maximum absolute atomic E-state index is 14.0. The summed E-state index contributed by atoms with van der Waals surface area (Å²) in [5.74, 6) is -0.464. The number of benzene rings is 1. The molecule has 0 bridgehead atoms. The van der Waals surface area contributed by atoms with Crippen molar-refractivity contribution in [2.75, 3.05) is 7.05 Å². The molecule has 2 aromatic rings. The Kier molecular flexibility index (Phi) is 5.33. The molecule has 0 saturated heterocycles. The van der Waals surface area contributed by atoms with Gasteiger partial charge in [0, 0.05) is 24.2 Å². The van der Waals surface area contributed by atoms with Crippen LogP contribution in [0.4, 0.5) is 4.39 Å². The number of nitrogens with two attached hydrogens (primary N) is 1. The summed E-state index contributed by atoms with van der Waals surface area (Å²) in [6, 6.07) is 6.63. The van der Waals surface area contributed by atoms with Crippen molar-refractivity contribution in [3.05, 3.63) is 55.9 Å². The van der Waals surface area contributed by atoms with Crippen molar-refractivity contribution in [3.8, 4) is 0 Å². The molecule has 0 unspecified atom stereocenters. The number of thiophene rings is 1. The molecule has 21 heavy (non-hydrogen) atoms. The summed E-state index contributed by atoms with van der Waals surface area (Å²) in [5, 5.41) is 13.5. The fourth-order valence-electron chi connectivity index (χ4n) is 1.98. The van der Waals surface area contributed by atoms with E-state index >= 15 is 0 Å². The number of nitrogens with zero attached hydrogens (tertiary/aromatic N) is 2. The number of oxime groups is 1. The molecule has 3 N–H and O–H groups in total. The Balaban J connectivity index is 2.05. The Bertz CT molecular complexity index is 659. The molecule has 0 atom stereocenters. The van der Waals surface area contributed by atoms with Gasteiger partial charge in [-0.25, -0.2) is 4.39 Å². The van der Waals surface area contributed by atoms with Gasteiger partial charge in [0.05, 0.1) is 3.79 Å². The first-order valence-electron chi connectivity index (χ1n) is 6.17. The van der Waals surface area contributed by atoms with E-state index in [1.807, 2.05) is 11.9 Å². The molecular weight excluding hydrogens is 357 g/mol. The molecule has 112 valence electrons. The molecule has 0 amide bonds. The first kappa shape index (κ1) is 15.9. The maximum Gasteiger partial charge on any atom is 0.170 e. The normalized spacial score (nSPS) is 12.1. The van der Waals surface area contributed by atoms with Crippen molar-refractivity contribution in [1.29, 1.82) is 0 Å². The van der Waals surface area contributed by atoms with E-state index in [2.05, 4.69) is 32.5 Å². The van der Waals surface area contributed by atoms with Crippen LogP contribution in [0.3, 0.4) is 0 Å². The zero-order valence-corrected chi connectivity index (χ0v) is 13.8. The summed E-state index contributed by atoms with van der Waals surface area (Å²) >= 11 is 5.05. The third kappa shape index (κ3) is 4.26. The van der Waals surface area contributed by atoms with Crippen LogP contribution in [-0.4, -0.2) is 23.0 Å². The van der Waals surface area contributed by atoms with E-state index in [1.54, 1.807) is 23.5 Å². The molecule has 4 nitrogen and oxygen atoms in total. The lowest BCUT2D eigenvalue weighted by Crippen LogP contribution is -2.18. The van der Waals surface area contributed by atoms with Crippen LogP contribution in [0.25, 0.3) is 0 Å². The molecule has 1 aromatic carbocycles. The van der Waals surface area contributed by atoms with Crippen LogP contribution in [0.5, 0.6) is 0 Å². The molecular formula is C14H15BrFN3OS. The van der Waals surface area contributed by atoms with Gasteiger partial charge in [-0.2, -0.15) is 0 Å². The molecule has 0 spiro atoms. The average Bonchev–Trinajstić information content (AvgIpc) is 2.85. The number of halogens is 2. The number of hydrogen-bond acceptors (Lipinski definition) is 4. The second-order valence-electron chi connectivity index (χ2n) is 4.72. The van der Waals surface area contributed by atoms with E-state index in [1.165, 1.54) is 11.6 Å². The van der Waals surface area contributed by atoms with Crippen LogP contribution in [0.15, 0.2) is 38.6 Å². The van der Waals surface area contributed by atoms with E-state index < -0.39 is 0 Å². The maximum atomic E-state index is 14.0. The average molecular weight is 372 g/mol. The van der Waals surface area contributed by atoms with Crippen LogP contribution in [0.1, 0.15) is 16.7 Å². The quantitative estimate of drug-likeness (QED) is 0.366. The van der Waals surface area contributed by atoms with Crippen molar-refractivity contribution in [3.63, 3.8) is 0 Å². The third-order valence-corrected chi connectivity index (χ3v) is 4.52. The standard InChI is InChI=1S/C14H15BrFN3OS/c1-19(6-9-4-13(15)21-8-9)7-11-3-2-10(5-12(11)16)14(17)18-20/h2-5,8,20H,6-7H2,1H3,(H2,17,18). The number of hydrogen-bond donors (Lipinski definition) is 2. The van der Waals surface area contributed by atoms with E-state index in [9.17, 15) is 4.39 Å². The minimum absolute atomic E-state index is 0.100. The van der Waals surface area contributed by atoms with Gasteiger partial charge in [0.25, 0.3) is 0 Å². The largest absolute Gasteiger partial charge is 0.409 e. The predicted molar refractivity (Wildman–Crippen MR) is 86.1 cm³/mol. The fraction of sp³-hybridized carbons (Fsp3) is 0.214. The Morgan fingerprint density at radius 2 is 2.19 bits per heavy atom. The minimum Gasteiger partial charge on any atom is -0.409 e. The van der Waals surface area contributed by atoms with E-state index in [0.717, 1.165) is 10.3 Å². The highest BCUT2D eigenvalue weighted by Crippen LogP contribution is 2.22. The first-order chi connectivity index (χ1) is 9.99. The SMILES string of the molecule is CN(Cc1csc(Br)c1)Cc1ccc(C(N)=NO)cc1F. The van der Waals surface area contributed by atoms with Gasteiger partial charge in [-0.15, -0.1) is 11.3 Å². The number of amidine groups is 1. The summed E-state index contributed by atoms with van der Waals surface area (Å²) < 4.78 is 15.1. The van der Waals surface area contributed by atoms with Gasteiger partial charge >= 0.3 is 0 Å². The predicted octanol–water partition coefficient (Wildman–Crippen LogP) is 3.38. The lowest BCUT2D eigenvalue weighted by Gasteiger charge is -2.16. The van der Waals surface area contributed by atoms with Crippen molar-refractivity contribution >= 4 is 33.1 Å². The van der Waals surface area contributed by atoms with Crippen LogP contribution >= 0.6 is 27.3 Å². The van der Waals surface area contributed by atoms with Gasteiger partial charge < -0.3 is 10.9 Å². The Morgan fingerprint density at radius 1 is 1.43 bits per heavy atom. The van der Waals surface area contributed by atoms with E-state index in [4.69, 9.17) is 10.9 Å². The fourth-order valence-corrected chi connectivity index (χ4v) is 3.18. The lowest BCUT2D eigenvalue weighted by molar-refractivity contribution is 0.314. The van der Waals surface area contributed by atoms with Gasteiger partial charge in [0.2, 0.25) is 0 Å². The van der Waals surface area contributed by atoms with Crippen molar-refractivity contribution < 1.29 is 9.60 Å². The molecule has 0 saturated carbocycles. The molecule has 1 heterocycles. The summed E-state index contributed by atoms with van der Waals surface area (Å²) in [6.07, 6.45) is 0. The first-order valence-corrected chi connectivity index (χ1v) is 7.84.